The van der Waals surface area contributed by atoms with Crippen LogP contribution in [-0.2, 0) is 0 Å². The number of carbonyl (C=O) groups is 1. The first-order valence-corrected chi connectivity index (χ1v) is 8.40. The maximum atomic E-state index is 12.2. The van der Waals surface area contributed by atoms with Gasteiger partial charge < -0.3 is 5.32 Å². The van der Waals surface area contributed by atoms with Crippen molar-refractivity contribution in [1.29, 1.82) is 0 Å². The van der Waals surface area contributed by atoms with Crippen molar-refractivity contribution < 1.29 is 4.79 Å². The molecule has 0 unspecified atom stereocenters. The zero-order chi connectivity index (χ0) is 16.1. The molecule has 0 fully saturated rings. The first-order chi connectivity index (χ1) is 10.5. The monoisotopic (exact) mass is 334 g/mol. The Labute approximate surface area is 140 Å². The molecule has 0 aliphatic rings. The molecule has 0 aliphatic carbocycles. The second-order valence-corrected chi connectivity index (χ2v) is 7.34. The van der Waals surface area contributed by atoms with Crippen LogP contribution in [0.3, 0.4) is 0 Å². The third-order valence-electron chi connectivity index (χ3n) is 3.12. The number of halogens is 1. The molecule has 116 valence electrons. The Bertz CT molecular complexity index is 643. The Balaban J connectivity index is 2.04. The van der Waals surface area contributed by atoms with Crippen LogP contribution in [-0.4, -0.2) is 16.1 Å². The van der Waals surface area contributed by atoms with E-state index in [1.54, 1.807) is 12.3 Å². The smallest absolute Gasteiger partial charge is 0.253 e. The predicted octanol–water partition coefficient (Wildman–Crippen LogP) is 4.73. The number of nitrogens with one attached hydrogen (secondary N) is 1. The third-order valence-corrected chi connectivity index (χ3v) is 4.43. The molecule has 1 aromatic carbocycles. The van der Waals surface area contributed by atoms with Crippen molar-refractivity contribution in [2.45, 2.75) is 37.0 Å². The van der Waals surface area contributed by atoms with E-state index in [0.29, 0.717) is 15.8 Å². The maximum absolute atomic E-state index is 12.2. The molecule has 1 N–H and O–H groups in total. The Morgan fingerprint density at radius 2 is 1.86 bits per heavy atom. The lowest BCUT2D eigenvalue weighted by Gasteiger charge is -2.15. The molecule has 5 heteroatoms. The van der Waals surface area contributed by atoms with Crippen molar-refractivity contribution in [3.8, 4) is 0 Å². The zero-order valence-electron chi connectivity index (χ0n) is 12.8. The Hall–Kier alpha value is -1.52. The molecule has 1 atom stereocenters. The standard InChI is InChI=1S/C17H19ClN2OS/c1-11(2)22-14-6-4-13(5-7-14)12(3)20-17(21)15-8-9-19-10-16(15)18/h4-12H,1-3H3,(H,20,21)/t12-/m0/s1. The van der Waals surface area contributed by atoms with Crippen molar-refractivity contribution in [2.24, 2.45) is 0 Å². The highest BCUT2D eigenvalue weighted by molar-refractivity contribution is 7.99. The van der Waals surface area contributed by atoms with E-state index < -0.39 is 0 Å². The topological polar surface area (TPSA) is 42.0 Å². The Morgan fingerprint density at radius 3 is 2.45 bits per heavy atom. The summed E-state index contributed by atoms with van der Waals surface area (Å²) in [7, 11) is 0. The highest BCUT2D eigenvalue weighted by Gasteiger charge is 2.14. The summed E-state index contributed by atoms with van der Waals surface area (Å²) in [4.78, 5) is 17.3. The summed E-state index contributed by atoms with van der Waals surface area (Å²) in [5.41, 5.74) is 1.50. The van der Waals surface area contributed by atoms with E-state index in [9.17, 15) is 4.79 Å². The molecule has 0 saturated heterocycles. The quantitative estimate of drug-likeness (QED) is 0.804. The number of pyridine rings is 1. The Kier molecular flexibility index (Phi) is 5.86. The minimum Gasteiger partial charge on any atom is -0.345 e. The minimum absolute atomic E-state index is 0.0881. The van der Waals surface area contributed by atoms with Crippen LogP contribution in [0.5, 0.6) is 0 Å². The van der Waals surface area contributed by atoms with E-state index in [1.807, 2.05) is 30.8 Å². The summed E-state index contributed by atoms with van der Waals surface area (Å²) in [5, 5.41) is 3.87. The molecule has 0 aliphatic heterocycles. The van der Waals surface area contributed by atoms with Crippen LogP contribution in [0.1, 0.15) is 42.7 Å². The number of hydrogen-bond donors (Lipinski definition) is 1. The summed E-state index contributed by atoms with van der Waals surface area (Å²) in [6.07, 6.45) is 3.03. The first-order valence-electron chi connectivity index (χ1n) is 7.14. The molecule has 0 radical (unpaired) electrons. The number of aromatic nitrogens is 1. The summed E-state index contributed by atoms with van der Waals surface area (Å²) in [5.74, 6) is -0.194. The predicted molar refractivity (Wildman–Crippen MR) is 92.6 cm³/mol. The molecular formula is C17H19ClN2OS. The van der Waals surface area contributed by atoms with Gasteiger partial charge in [-0.3, -0.25) is 9.78 Å². The number of carbonyl (C=O) groups excluding carboxylic acids is 1. The third kappa shape index (κ3) is 4.49. The number of nitrogens with zero attached hydrogens (tertiary/aromatic N) is 1. The van der Waals surface area contributed by atoms with Gasteiger partial charge >= 0.3 is 0 Å². The molecular weight excluding hydrogens is 316 g/mol. The van der Waals surface area contributed by atoms with Gasteiger partial charge in [0, 0.05) is 22.5 Å². The van der Waals surface area contributed by atoms with Crippen molar-refractivity contribution in [2.75, 3.05) is 0 Å². The van der Waals surface area contributed by atoms with Crippen LogP contribution in [0.25, 0.3) is 0 Å². The largest absolute Gasteiger partial charge is 0.345 e. The maximum Gasteiger partial charge on any atom is 0.253 e. The van der Waals surface area contributed by atoms with Crippen LogP contribution in [0.2, 0.25) is 5.02 Å². The zero-order valence-corrected chi connectivity index (χ0v) is 14.4. The highest BCUT2D eigenvalue weighted by atomic mass is 35.5. The Morgan fingerprint density at radius 1 is 1.18 bits per heavy atom. The van der Waals surface area contributed by atoms with Gasteiger partial charge in [0.15, 0.2) is 0 Å². The van der Waals surface area contributed by atoms with E-state index in [4.69, 9.17) is 11.6 Å². The molecule has 2 rings (SSSR count). The first kappa shape index (κ1) is 16.8. The average Bonchev–Trinajstić information content (AvgIpc) is 2.47. The lowest BCUT2D eigenvalue weighted by atomic mass is 10.1. The molecule has 1 aromatic heterocycles. The van der Waals surface area contributed by atoms with Crippen molar-refractivity contribution in [3.05, 3.63) is 58.9 Å². The fourth-order valence-corrected chi connectivity index (χ4v) is 3.07. The lowest BCUT2D eigenvalue weighted by Crippen LogP contribution is -2.26. The summed E-state index contributed by atoms with van der Waals surface area (Å²) < 4.78 is 0. The lowest BCUT2D eigenvalue weighted by molar-refractivity contribution is 0.0940. The number of hydrogen-bond acceptors (Lipinski definition) is 3. The average molecular weight is 335 g/mol. The van der Waals surface area contributed by atoms with Gasteiger partial charge in [-0.25, -0.2) is 0 Å². The fourth-order valence-electron chi connectivity index (χ4n) is 2.02. The van der Waals surface area contributed by atoms with E-state index >= 15 is 0 Å². The van der Waals surface area contributed by atoms with Crippen LogP contribution >= 0.6 is 23.4 Å². The fraction of sp³-hybridized carbons (Fsp3) is 0.294. The van der Waals surface area contributed by atoms with Gasteiger partial charge in [-0.1, -0.05) is 37.6 Å². The second kappa shape index (κ2) is 7.65. The summed E-state index contributed by atoms with van der Waals surface area (Å²) in [6.45, 7) is 6.29. The molecule has 1 heterocycles. The molecule has 0 spiro atoms. The SMILES string of the molecule is CC(C)Sc1ccc([C@H](C)NC(=O)c2ccncc2Cl)cc1. The van der Waals surface area contributed by atoms with E-state index in [1.165, 1.54) is 11.1 Å². The van der Waals surface area contributed by atoms with E-state index in [-0.39, 0.29) is 11.9 Å². The van der Waals surface area contributed by atoms with Gasteiger partial charge in [0.1, 0.15) is 0 Å². The van der Waals surface area contributed by atoms with Gasteiger partial charge in [0.25, 0.3) is 5.91 Å². The molecule has 0 bridgehead atoms. The van der Waals surface area contributed by atoms with Gasteiger partial charge in [-0.05, 0) is 30.7 Å². The van der Waals surface area contributed by atoms with Crippen LogP contribution in [0.15, 0.2) is 47.6 Å². The highest BCUT2D eigenvalue weighted by Crippen LogP contribution is 2.24. The van der Waals surface area contributed by atoms with Crippen molar-refractivity contribution >= 4 is 29.3 Å². The molecule has 2 aromatic rings. The molecule has 3 nitrogen and oxygen atoms in total. The molecule has 0 saturated carbocycles. The number of benzene rings is 1. The molecule has 22 heavy (non-hydrogen) atoms. The molecule has 1 amide bonds. The summed E-state index contributed by atoms with van der Waals surface area (Å²) >= 11 is 7.81. The van der Waals surface area contributed by atoms with Crippen molar-refractivity contribution in [3.63, 3.8) is 0 Å². The van der Waals surface area contributed by atoms with E-state index in [2.05, 4.69) is 36.3 Å². The normalized spacial score (nSPS) is 12.2. The number of amides is 1. The second-order valence-electron chi connectivity index (χ2n) is 5.29. The minimum atomic E-state index is -0.194. The van der Waals surface area contributed by atoms with Gasteiger partial charge in [0.2, 0.25) is 0 Å². The van der Waals surface area contributed by atoms with Gasteiger partial charge in [0.05, 0.1) is 16.6 Å². The van der Waals surface area contributed by atoms with Crippen LogP contribution in [0, 0.1) is 0 Å². The number of rotatable bonds is 5. The van der Waals surface area contributed by atoms with Crippen LogP contribution in [0.4, 0.5) is 0 Å². The van der Waals surface area contributed by atoms with Crippen LogP contribution < -0.4 is 5.32 Å². The summed E-state index contributed by atoms with van der Waals surface area (Å²) in [6, 6.07) is 9.79. The van der Waals surface area contributed by atoms with Crippen molar-refractivity contribution in [1.82, 2.24) is 10.3 Å². The van der Waals surface area contributed by atoms with Gasteiger partial charge in [-0.15, -0.1) is 11.8 Å². The van der Waals surface area contributed by atoms with E-state index in [0.717, 1.165) is 5.56 Å². The number of thioether (sulfide) groups is 1. The van der Waals surface area contributed by atoms with Gasteiger partial charge in [-0.2, -0.15) is 0 Å².